The van der Waals surface area contributed by atoms with Crippen molar-refractivity contribution in [3.05, 3.63) is 69.4 Å². The third-order valence-corrected chi connectivity index (χ3v) is 3.61. The van der Waals surface area contributed by atoms with Crippen LogP contribution in [-0.2, 0) is 0 Å². The summed E-state index contributed by atoms with van der Waals surface area (Å²) in [6.07, 6.45) is 1.54. The predicted molar refractivity (Wildman–Crippen MR) is 80.7 cm³/mol. The molecule has 1 heterocycles. The third-order valence-electron chi connectivity index (χ3n) is 2.85. The lowest BCUT2D eigenvalue weighted by Gasteiger charge is -2.06. The van der Waals surface area contributed by atoms with E-state index >= 15 is 0 Å². The van der Waals surface area contributed by atoms with Crippen LogP contribution in [-0.4, -0.2) is 9.90 Å². The summed E-state index contributed by atoms with van der Waals surface area (Å²) in [7, 11) is 0. The summed E-state index contributed by atoms with van der Waals surface area (Å²) in [5.41, 5.74) is 1.91. The molecule has 0 aliphatic carbocycles. The van der Waals surface area contributed by atoms with Crippen LogP contribution in [0.1, 0.15) is 0 Å². The smallest absolute Gasteiger partial charge is 0.215 e. The summed E-state index contributed by atoms with van der Waals surface area (Å²) in [4.78, 5) is 2.01. The first-order chi connectivity index (χ1) is 9.65. The average Bonchev–Trinajstić information content (AvgIpc) is 2.82. The van der Waals surface area contributed by atoms with E-state index in [0.29, 0.717) is 16.4 Å². The van der Waals surface area contributed by atoms with Crippen LogP contribution in [0.4, 0.5) is 0 Å². The number of halogens is 2. The first kappa shape index (κ1) is 13.1. The second-order valence-corrected chi connectivity index (χ2v) is 5.53. The fraction of sp³-hybridized carbons (Fsp3) is 0. The molecule has 2 aromatic carbocycles. The zero-order valence-corrected chi connectivity index (χ0v) is 12.5. The molecule has 0 aliphatic heterocycles. The fourth-order valence-corrected chi connectivity index (χ4v) is 2.33. The Balaban J connectivity index is 2.07. The molecule has 0 fully saturated rings. The van der Waals surface area contributed by atoms with E-state index in [2.05, 4.69) is 21.0 Å². The molecule has 1 aromatic heterocycles. The Morgan fingerprint density at radius 2 is 1.90 bits per heavy atom. The van der Waals surface area contributed by atoms with E-state index in [4.69, 9.17) is 11.6 Å². The van der Waals surface area contributed by atoms with Crippen molar-refractivity contribution in [1.29, 1.82) is 0 Å². The molecule has 0 amide bonds. The quantitative estimate of drug-likeness (QED) is 0.524. The molecular formula is C14H9BrClN3O. The van der Waals surface area contributed by atoms with Crippen molar-refractivity contribution in [2.24, 2.45) is 0 Å². The Morgan fingerprint density at radius 3 is 2.60 bits per heavy atom. The maximum Gasteiger partial charge on any atom is 0.215 e. The largest absolute Gasteiger partial charge is 0.692 e. The van der Waals surface area contributed by atoms with Gasteiger partial charge in [-0.2, -0.15) is 0 Å². The van der Waals surface area contributed by atoms with Crippen molar-refractivity contribution in [2.45, 2.75) is 0 Å². The number of rotatable bonds is 2. The molecule has 0 unspecified atom stereocenters. The number of aromatic nitrogens is 3. The van der Waals surface area contributed by atoms with Crippen LogP contribution in [0.3, 0.4) is 0 Å². The Kier molecular flexibility index (Phi) is 3.46. The van der Waals surface area contributed by atoms with Crippen LogP contribution in [0.25, 0.3) is 16.9 Å². The maximum absolute atomic E-state index is 12.3. The lowest BCUT2D eigenvalue weighted by Crippen LogP contribution is -2.38. The van der Waals surface area contributed by atoms with Crippen molar-refractivity contribution in [2.75, 3.05) is 0 Å². The van der Waals surface area contributed by atoms with Gasteiger partial charge in [0, 0.05) is 20.2 Å². The molecule has 4 nitrogen and oxygen atoms in total. The van der Waals surface area contributed by atoms with E-state index < -0.39 is 0 Å². The molecule has 20 heavy (non-hydrogen) atoms. The zero-order valence-electron chi connectivity index (χ0n) is 10.2. The van der Waals surface area contributed by atoms with Gasteiger partial charge in [-0.25, -0.2) is 0 Å². The molecule has 3 rings (SSSR count). The van der Waals surface area contributed by atoms with Crippen molar-refractivity contribution in [3.8, 4) is 16.9 Å². The van der Waals surface area contributed by atoms with Crippen LogP contribution in [0, 0.1) is 5.21 Å². The van der Waals surface area contributed by atoms with Gasteiger partial charge in [-0.1, -0.05) is 33.6 Å². The van der Waals surface area contributed by atoms with Gasteiger partial charge in [0.25, 0.3) is 0 Å². The highest BCUT2D eigenvalue weighted by Gasteiger charge is 2.15. The summed E-state index contributed by atoms with van der Waals surface area (Å²) in [5.74, 6) is 0. The standard InChI is InChI=1S/C14H9BrClN3O/c15-11-6-4-10(5-7-11)14-9-17-18(19(14)20)13-3-1-2-12(16)8-13/h1-9H. The van der Waals surface area contributed by atoms with E-state index in [1.807, 2.05) is 24.3 Å². The second-order valence-electron chi connectivity index (χ2n) is 4.18. The van der Waals surface area contributed by atoms with E-state index in [1.54, 1.807) is 24.3 Å². The average molecular weight is 351 g/mol. The maximum atomic E-state index is 12.3. The number of nitrogens with zero attached hydrogens (tertiary/aromatic N) is 3. The molecule has 0 atom stereocenters. The van der Waals surface area contributed by atoms with Crippen molar-refractivity contribution in [3.63, 3.8) is 0 Å². The van der Waals surface area contributed by atoms with Gasteiger partial charge in [0.2, 0.25) is 11.9 Å². The van der Waals surface area contributed by atoms with Gasteiger partial charge >= 0.3 is 0 Å². The van der Waals surface area contributed by atoms with Crippen LogP contribution in [0.15, 0.2) is 59.2 Å². The normalized spacial score (nSPS) is 10.7. The molecular weight excluding hydrogens is 342 g/mol. The van der Waals surface area contributed by atoms with Gasteiger partial charge in [0.1, 0.15) is 5.69 Å². The summed E-state index contributed by atoms with van der Waals surface area (Å²) in [6, 6.07) is 14.5. The molecule has 0 N–H and O–H groups in total. The van der Waals surface area contributed by atoms with Gasteiger partial charge in [0.15, 0.2) is 0 Å². The van der Waals surface area contributed by atoms with E-state index in [1.165, 1.54) is 11.0 Å². The number of hydrogen-bond acceptors (Lipinski definition) is 2. The SMILES string of the molecule is [O-][n+]1c(-c2ccc(Br)cc2)cnn1-c1cccc(Cl)c1. The van der Waals surface area contributed by atoms with Crippen molar-refractivity contribution >= 4 is 27.5 Å². The third kappa shape index (κ3) is 2.42. The molecule has 0 aliphatic rings. The van der Waals surface area contributed by atoms with Crippen LogP contribution < -0.4 is 4.85 Å². The van der Waals surface area contributed by atoms with Gasteiger partial charge < -0.3 is 5.21 Å². The van der Waals surface area contributed by atoms with Crippen molar-refractivity contribution in [1.82, 2.24) is 9.90 Å². The first-order valence-electron chi connectivity index (χ1n) is 5.85. The monoisotopic (exact) mass is 349 g/mol. The van der Waals surface area contributed by atoms with Crippen molar-refractivity contribution < 1.29 is 4.85 Å². The molecule has 6 heteroatoms. The highest BCUT2D eigenvalue weighted by molar-refractivity contribution is 9.10. The van der Waals surface area contributed by atoms with Gasteiger partial charge in [-0.05, 0) is 47.3 Å². The van der Waals surface area contributed by atoms with Crippen LogP contribution >= 0.6 is 27.5 Å². The summed E-state index contributed by atoms with van der Waals surface area (Å²) in [5, 5.41) is 17.0. The minimum atomic E-state index is 0.484. The number of benzene rings is 2. The Bertz CT molecular complexity index is 755. The predicted octanol–water partition coefficient (Wildman–Crippen LogP) is 3.59. The molecule has 0 bridgehead atoms. The lowest BCUT2D eigenvalue weighted by atomic mass is 10.2. The summed E-state index contributed by atoms with van der Waals surface area (Å²) in [6.45, 7) is 0. The minimum Gasteiger partial charge on any atom is -0.692 e. The highest BCUT2D eigenvalue weighted by atomic mass is 79.9. The van der Waals surface area contributed by atoms with E-state index in [-0.39, 0.29) is 0 Å². The van der Waals surface area contributed by atoms with E-state index in [9.17, 15) is 5.21 Å². The van der Waals surface area contributed by atoms with Gasteiger partial charge in [-0.15, -0.1) is 4.85 Å². The molecule has 100 valence electrons. The highest BCUT2D eigenvalue weighted by Crippen LogP contribution is 2.19. The van der Waals surface area contributed by atoms with Crippen LogP contribution in [0.2, 0.25) is 5.02 Å². The van der Waals surface area contributed by atoms with Crippen LogP contribution in [0.5, 0.6) is 0 Å². The van der Waals surface area contributed by atoms with E-state index in [0.717, 1.165) is 14.9 Å². The summed E-state index contributed by atoms with van der Waals surface area (Å²) >= 11 is 9.30. The van der Waals surface area contributed by atoms with Gasteiger partial charge in [0.05, 0.1) is 0 Å². The summed E-state index contributed by atoms with van der Waals surface area (Å²) < 4.78 is 0.959. The molecule has 0 saturated carbocycles. The topological polar surface area (TPSA) is 44.8 Å². The molecule has 0 saturated heterocycles. The minimum absolute atomic E-state index is 0.484. The molecule has 0 radical (unpaired) electrons. The Labute approximate surface area is 128 Å². The number of hydrogen-bond donors (Lipinski definition) is 0. The zero-order chi connectivity index (χ0) is 14.1. The first-order valence-corrected chi connectivity index (χ1v) is 7.02. The second kappa shape index (κ2) is 5.26. The van der Waals surface area contributed by atoms with Gasteiger partial charge in [-0.3, -0.25) is 0 Å². The molecule has 0 spiro atoms. The Hall–Kier alpha value is -1.85. The Morgan fingerprint density at radius 1 is 1.15 bits per heavy atom. The lowest BCUT2D eigenvalue weighted by molar-refractivity contribution is -0.678. The molecule has 3 aromatic rings. The fourth-order valence-electron chi connectivity index (χ4n) is 1.89.